The minimum Gasteiger partial charge on any atom is -0.263 e. The Kier molecular flexibility index (Phi) is 3.63. The van der Waals surface area contributed by atoms with E-state index in [4.69, 9.17) is 0 Å². The maximum Gasteiger partial charge on any atom is 0.265 e. The van der Waals surface area contributed by atoms with Crippen LogP contribution < -0.4 is 4.72 Å². The number of rotatable bonds is 3. The zero-order chi connectivity index (χ0) is 13.2. The minimum atomic E-state index is -3.97. The van der Waals surface area contributed by atoms with Crippen LogP contribution in [0, 0.1) is 5.82 Å². The van der Waals surface area contributed by atoms with Crippen molar-refractivity contribution >= 4 is 31.8 Å². The maximum atomic E-state index is 13.6. The molecule has 0 saturated carbocycles. The second-order valence-corrected chi connectivity index (χ2v) is 5.96. The number of aromatic nitrogens is 1. The molecule has 2 rings (SSSR count). The van der Waals surface area contributed by atoms with E-state index < -0.39 is 20.7 Å². The molecule has 1 heterocycles. The van der Waals surface area contributed by atoms with Crippen molar-refractivity contribution in [3.63, 3.8) is 0 Å². The molecule has 0 aliphatic carbocycles. The number of pyridine rings is 1. The van der Waals surface area contributed by atoms with E-state index in [0.717, 1.165) is 6.07 Å². The lowest BCUT2D eigenvalue weighted by atomic mass is 10.3. The normalized spacial score (nSPS) is 11.2. The van der Waals surface area contributed by atoms with Crippen molar-refractivity contribution in [3.05, 3.63) is 52.9 Å². The van der Waals surface area contributed by atoms with Gasteiger partial charge in [-0.25, -0.2) is 17.8 Å². The van der Waals surface area contributed by atoms with Crippen LogP contribution in [0.4, 0.5) is 10.2 Å². The number of sulfonamides is 1. The predicted octanol–water partition coefficient (Wildman–Crippen LogP) is 2.78. The van der Waals surface area contributed by atoms with Crippen molar-refractivity contribution in [1.82, 2.24) is 4.98 Å². The van der Waals surface area contributed by atoms with Crippen LogP contribution in [-0.2, 0) is 10.0 Å². The molecule has 0 saturated heterocycles. The van der Waals surface area contributed by atoms with Crippen molar-refractivity contribution in [2.75, 3.05) is 4.72 Å². The van der Waals surface area contributed by atoms with Crippen molar-refractivity contribution in [2.45, 2.75) is 4.90 Å². The summed E-state index contributed by atoms with van der Waals surface area (Å²) in [6.07, 6.45) is 1.44. The summed E-state index contributed by atoms with van der Waals surface area (Å²) in [7, 11) is -3.97. The SMILES string of the molecule is O=S(=O)(Nc1ccccn1)c1ccc(Br)cc1F. The Balaban J connectivity index is 2.37. The summed E-state index contributed by atoms with van der Waals surface area (Å²) >= 11 is 3.06. The van der Waals surface area contributed by atoms with Crippen LogP contribution in [-0.4, -0.2) is 13.4 Å². The van der Waals surface area contributed by atoms with Crippen LogP contribution in [0.25, 0.3) is 0 Å². The van der Waals surface area contributed by atoms with Gasteiger partial charge in [0.2, 0.25) is 0 Å². The number of nitrogens with zero attached hydrogens (tertiary/aromatic N) is 1. The van der Waals surface area contributed by atoms with Gasteiger partial charge < -0.3 is 0 Å². The van der Waals surface area contributed by atoms with Gasteiger partial charge in [0.25, 0.3) is 10.0 Å². The predicted molar refractivity (Wildman–Crippen MR) is 69.1 cm³/mol. The Morgan fingerprint density at radius 2 is 2.00 bits per heavy atom. The van der Waals surface area contributed by atoms with Gasteiger partial charge >= 0.3 is 0 Å². The van der Waals surface area contributed by atoms with Crippen molar-refractivity contribution < 1.29 is 12.8 Å². The Hall–Kier alpha value is -1.47. The number of nitrogens with one attached hydrogen (secondary N) is 1. The van der Waals surface area contributed by atoms with Gasteiger partial charge in [-0.1, -0.05) is 22.0 Å². The highest BCUT2D eigenvalue weighted by atomic mass is 79.9. The van der Waals surface area contributed by atoms with Crippen LogP contribution in [0.2, 0.25) is 0 Å². The van der Waals surface area contributed by atoms with Crippen molar-refractivity contribution in [3.8, 4) is 0 Å². The smallest absolute Gasteiger partial charge is 0.263 e. The van der Waals surface area contributed by atoms with Crippen LogP contribution in [0.15, 0.2) is 52.0 Å². The number of hydrogen-bond acceptors (Lipinski definition) is 3. The summed E-state index contributed by atoms with van der Waals surface area (Å²) in [4.78, 5) is 3.39. The second kappa shape index (κ2) is 5.03. The molecule has 0 spiro atoms. The highest BCUT2D eigenvalue weighted by Crippen LogP contribution is 2.21. The summed E-state index contributed by atoms with van der Waals surface area (Å²) in [5.74, 6) is -0.687. The van der Waals surface area contributed by atoms with E-state index in [1.54, 1.807) is 12.1 Å². The second-order valence-electron chi connectivity index (χ2n) is 3.40. The minimum absolute atomic E-state index is 0.139. The average Bonchev–Trinajstić information content (AvgIpc) is 2.29. The third-order valence-corrected chi connectivity index (χ3v) is 3.97. The Morgan fingerprint density at radius 1 is 1.22 bits per heavy atom. The van der Waals surface area contributed by atoms with Gasteiger partial charge in [0.15, 0.2) is 0 Å². The molecule has 0 aliphatic rings. The van der Waals surface area contributed by atoms with Crippen LogP contribution in [0.1, 0.15) is 0 Å². The van der Waals surface area contributed by atoms with E-state index >= 15 is 0 Å². The Labute approximate surface area is 112 Å². The number of halogens is 2. The molecule has 0 aliphatic heterocycles. The highest BCUT2D eigenvalue weighted by Gasteiger charge is 2.19. The molecule has 0 atom stereocenters. The third-order valence-electron chi connectivity index (χ3n) is 2.09. The largest absolute Gasteiger partial charge is 0.265 e. The van der Waals surface area contributed by atoms with Gasteiger partial charge in [-0.15, -0.1) is 0 Å². The summed E-state index contributed by atoms with van der Waals surface area (Å²) in [5, 5.41) is 0. The molecular weight excluding hydrogens is 323 g/mol. The van der Waals surface area contributed by atoms with E-state index in [1.165, 1.54) is 24.4 Å². The molecule has 0 amide bonds. The first kappa shape index (κ1) is 13.0. The highest BCUT2D eigenvalue weighted by molar-refractivity contribution is 9.10. The lowest BCUT2D eigenvalue weighted by Gasteiger charge is -2.07. The number of anilines is 1. The zero-order valence-electron chi connectivity index (χ0n) is 8.97. The van der Waals surface area contributed by atoms with Crippen molar-refractivity contribution in [1.29, 1.82) is 0 Å². The van der Waals surface area contributed by atoms with Crippen LogP contribution in [0.3, 0.4) is 0 Å². The molecule has 2 aromatic rings. The standard InChI is InChI=1S/C11H8BrFN2O2S/c12-8-4-5-10(9(13)7-8)18(16,17)15-11-3-1-2-6-14-11/h1-7H,(H,14,15). The maximum absolute atomic E-state index is 13.6. The van der Waals surface area contributed by atoms with Crippen molar-refractivity contribution in [2.24, 2.45) is 0 Å². The van der Waals surface area contributed by atoms with Gasteiger partial charge in [0.05, 0.1) is 0 Å². The molecule has 94 valence electrons. The average molecular weight is 331 g/mol. The van der Waals surface area contributed by atoms with E-state index in [9.17, 15) is 12.8 Å². The van der Waals surface area contributed by atoms with Crippen LogP contribution in [0.5, 0.6) is 0 Å². The molecule has 1 aromatic carbocycles. The molecule has 0 fully saturated rings. The summed E-state index contributed by atoms with van der Waals surface area (Å²) in [6, 6.07) is 8.49. The first-order valence-electron chi connectivity index (χ1n) is 4.88. The van der Waals surface area contributed by atoms with E-state index in [-0.39, 0.29) is 5.82 Å². The molecular formula is C11H8BrFN2O2S. The molecule has 18 heavy (non-hydrogen) atoms. The molecule has 7 heteroatoms. The van der Waals surface area contributed by atoms with Gasteiger partial charge in [-0.2, -0.15) is 0 Å². The third kappa shape index (κ3) is 2.85. The first-order chi connectivity index (χ1) is 8.49. The number of benzene rings is 1. The Bertz CT molecular complexity index is 662. The summed E-state index contributed by atoms with van der Waals surface area (Å²) in [6.45, 7) is 0. The summed E-state index contributed by atoms with van der Waals surface area (Å²) in [5.41, 5.74) is 0. The quantitative estimate of drug-likeness (QED) is 0.941. The van der Waals surface area contributed by atoms with Gasteiger partial charge in [-0.3, -0.25) is 4.72 Å². The van der Waals surface area contributed by atoms with Gasteiger partial charge in [0, 0.05) is 10.7 Å². The first-order valence-corrected chi connectivity index (χ1v) is 7.15. The molecule has 4 nitrogen and oxygen atoms in total. The van der Waals surface area contributed by atoms with E-state index in [1.807, 2.05) is 0 Å². The lowest BCUT2D eigenvalue weighted by molar-refractivity contribution is 0.569. The fraction of sp³-hybridized carbons (Fsp3) is 0. The Morgan fingerprint density at radius 3 is 2.61 bits per heavy atom. The molecule has 1 aromatic heterocycles. The fourth-order valence-corrected chi connectivity index (χ4v) is 2.71. The van der Waals surface area contributed by atoms with Crippen LogP contribution >= 0.6 is 15.9 Å². The zero-order valence-corrected chi connectivity index (χ0v) is 11.4. The lowest BCUT2D eigenvalue weighted by Crippen LogP contribution is -2.15. The van der Waals surface area contributed by atoms with Gasteiger partial charge in [-0.05, 0) is 30.3 Å². The molecule has 0 radical (unpaired) electrons. The molecule has 0 unspecified atom stereocenters. The van der Waals surface area contributed by atoms with Gasteiger partial charge in [0.1, 0.15) is 16.5 Å². The fourth-order valence-electron chi connectivity index (χ4n) is 1.31. The summed E-state index contributed by atoms with van der Waals surface area (Å²) < 4.78 is 40.1. The molecule has 0 bridgehead atoms. The van der Waals surface area contributed by atoms with E-state index in [0.29, 0.717) is 4.47 Å². The van der Waals surface area contributed by atoms with E-state index in [2.05, 4.69) is 25.6 Å². The topological polar surface area (TPSA) is 59.1 Å². The monoisotopic (exact) mass is 330 g/mol. The molecule has 1 N–H and O–H groups in total. The number of hydrogen-bond donors (Lipinski definition) is 1.